The largest absolute Gasteiger partial charge is 0.497 e. The molecule has 3 unspecified atom stereocenters. The Bertz CT molecular complexity index is 534. The highest BCUT2D eigenvalue weighted by molar-refractivity contribution is 5.83. The van der Waals surface area contributed by atoms with Crippen LogP contribution in [0.1, 0.15) is 44.2 Å². The van der Waals surface area contributed by atoms with Crippen LogP contribution in [0.3, 0.4) is 0 Å². The summed E-state index contributed by atoms with van der Waals surface area (Å²) in [5, 5.41) is 0. The fourth-order valence-corrected chi connectivity index (χ4v) is 3.37. The van der Waals surface area contributed by atoms with Crippen LogP contribution in [0.4, 0.5) is 0 Å². The first-order valence-electron chi connectivity index (χ1n) is 8.18. The Morgan fingerprint density at radius 2 is 2.27 bits per heavy atom. The lowest BCUT2D eigenvalue weighted by atomic mass is 9.93. The minimum atomic E-state index is -0.0926. The average molecular weight is 303 g/mol. The molecule has 2 saturated heterocycles. The van der Waals surface area contributed by atoms with Crippen LogP contribution >= 0.6 is 0 Å². The van der Waals surface area contributed by atoms with Gasteiger partial charge in [-0.3, -0.25) is 10.2 Å². The van der Waals surface area contributed by atoms with Gasteiger partial charge in [0.05, 0.1) is 13.2 Å². The Labute approximate surface area is 132 Å². The van der Waals surface area contributed by atoms with Gasteiger partial charge in [0.15, 0.2) is 0 Å². The highest BCUT2D eigenvalue weighted by Gasteiger charge is 2.39. The third kappa shape index (κ3) is 2.96. The van der Waals surface area contributed by atoms with E-state index in [0.29, 0.717) is 6.04 Å². The monoisotopic (exact) mass is 303 g/mol. The van der Waals surface area contributed by atoms with Crippen LogP contribution in [0.2, 0.25) is 0 Å². The Morgan fingerprint density at radius 3 is 2.95 bits per heavy atom. The lowest BCUT2D eigenvalue weighted by Crippen LogP contribution is -2.52. The molecule has 3 rings (SSSR count). The smallest absolute Gasteiger partial charge is 0.241 e. The van der Waals surface area contributed by atoms with E-state index in [1.807, 2.05) is 23.1 Å². The summed E-state index contributed by atoms with van der Waals surface area (Å²) in [6.45, 7) is 3.02. The van der Waals surface area contributed by atoms with Gasteiger partial charge in [0.1, 0.15) is 11.8 Å². The summed E-state index contributed by atoms with van der Waals surface area (Å²) in [6, 6.07) is 8.54. The van der Waals surface area contributed by atoms with Crippen molar-refractivity contribution in [1.82, 2.24) is 15.8 Å². The normalized spacial score (nSPS) is 27.5. The molecular weight excluding hydrogens is 278 g/mol. The highest BCUT2D eigenvalue weighted by Crippen LogP contribution is 2.35. The molecule has 22 heavy (non-hydrogen) atoms. The zero-order valence-electron chi connectivity index (χ0n) is 13.3. The first-order chi connectivity index (χ1) is 10.7. The van der Waals surface area contributed by atoms with Crippen molar-refractivity contribution in [2.24, 2.45) is 0 Å². The number of likely N-dealkylation sites (tertiary alicyclic amines) is 1. The van der Waals surface area contributed by atoms with Gasteiger partial charge < -0.3 is 9.64 Å². The lowest BCUT2D eigenvalue weighted by molar-refractivity contribution is -0.141. The Kier molecular flexibility index (Phi) is 4.64. The van der Waals surface area contributed by atoms with Gasteiger partial charge >= 0.3 is 0 Å². The van der Waals surface area contributed by atoms with Crippen LogP contribution in [0.5, 0.6) is 5.75 Å². The number of nitrogens with zero attached hydrogens (tertiary/aromatic N) is 1. The predicted octanol–water partition coefficient (Wildman–Crippen LogP) is 2.00. The molecule has 0 saturated carbocycles. The minimum absolute atomic E-state index is 0.0926. The van der Waals surface area contributed by atoms with E-state index in [-0.39, 0.29) is 18.0 Å². The first kappa shape index (κ1) is 15.3. The molecule has 0 bridgehead atoms. The van der Waals surface area contributed by atoms with E-state index >= 15 is 0 Å². The summed E-state index contributed by atoms with van der Waals surface area (Å²) in [5.74, 6) is 1.06. The Balaban J connectivity index is 1.64. The van der Waals surface area contributed by atoms with E-state index in [0.717, 1.165) is 43.5 Å². The van der Waals surface area contributed by atoms with Gasteiger partial charge in [-0.1, -0.05) is 25.5 Å². The fraction of sp³-hybridized carbons (Fsp3) is 0.588. The predicted molar refractivity (Wildman–Crippen MR) is 85.4 cm³/mol. The quantitative estimate of drug-likeness (QED) is 0.873. The van der Waals surface area contributed by atoms with E-state index in [4.69, 9.17) is 4.74 Å². The number of ether oxygens (including phenoxy) is 1. The van der Waals surface area contributed by atoms with Crippen molar-refractivity contribution in [3.8, 4) is 5.75 Å². The van der Waals surface area contributed by atoms with Crippen molar-refractivity contribution in [3.63, 3.8) is 0 Å². The number of carbonyl (C=O) groups is 1. The molecule has 1 amide bonds. The summed E-state index contributed by atoms with van der Waals surface area (Å²) >= 11 is 0. The van der Waals surface area contributed by atoms with Crippen LogP contribution in [-0.4, -0.2) is 36.5 Å². The van der Waals surface area contributed by atoms with Gasteiger partial charge in [0.2, 0.25) is 5.91 Å². The minimum Gasteiger partial charge on any atom is -0.497 e. The molecule has 3 atom stereocenters. The van der Waals surface area contributed by atoms with Crippen LogP contribution in [0, 0.1) is 0 Å². The van der Waals surface area contributed by atoms with Gasteiger partial charge in [0, 0.05) is 12.6 Å². The van der Waals surface area contributed by atoms with Gasteiger partial charge in [-0.05, 0) is 37.0 Å². The maximum atomic E-state index is 12.7. The van der Waals surface area contributed by atoms with E-state index in [2.05, 4.69) is 23.8 Å². The van der Waals surface area contributed by atoms with Gasteiger partial charge in [-0.25, -0.2) is 5.43 Å². The number of methoxy groups -OCH3 is 1. The maximum absolute atomic E-state index is 12.7. The maximum Gasteiger partial charge on any atom is 0.241 e. The topological polar surface area (TPSA) is 53.6 Å². The molecule has 2 aliphatic rings. The van der Waals surface area contributed by atoms with Crippen molar-refractivity contribution in [2.45, 2.75) is 50.7 Å². The number of hydrogen-bond donors (Lipinski definition) is 2. The van der Waals surface area contributed by atoms with E-state index in [1.165, 1.54) is 0 Å². The van der Waals surface area contributed by atoms with Crippen molar-refractivity contribution < 1.29 is 9.53 Å². The molecule has 1 aromatic rings. The number of rotatable bonds is 5. The van der Waals surface area contributed by atoms with Crippen molar-refractivity contribution in [3.05, 3.63) is 29.8 Å². The molecule has 5 heteroatoms. The molecule has 2 aliphatic heterocycles. The third-order valence-electron chi connectivity index (χ3n) is 4.70. The molecule has 2 N–H and O–H groups in total. The molecule has 0 aliphatic carbocycles. The molecule has 2 fully saturated rings. The highest BCUT2D eigenvalue weighted by atomic mass is 16.5. The summed E-state index contributed by atoms with van der Waals surface area (Å²) in [4.78, 5) is 14.7. The number of nitrogens with one attached hydrogen (secondary N) is 2. The van der Waals surface area contributed by atoms with E-state index < -0.39 is 0 Å². The summed E-state index contributed by atoms with van der Waals surface area (Å²) in [5.41, 5.74) is 7.58. The summed E-state index contributed by atoms with van der Waals surface area (Å²) in [6.07, 6.45) is 4.15. The number of carbonyl (C=O) groups excluding carboxylic acids is 1. The average Bonchev–Trinajstić information content (AvgIpc) is 2.95. The van der Waals surface area contributed by atoms with Crippen molar-refractivity contribution in [1.29, 1.82) is 0 Å². The molecule has 120 valence electrons. The van der Waals surface area contributed by atoms with Crippen LogP contribution in [0.25, 0.3) is 0 Å². The second kappa shape index (κ2) is 6.67. The number of benzene rings is 1. The Hall–Kier alpha value is -1.59. The summed E-state index contributed by atoms with van der Waals surface area (Å²) in [7, 11) is 1.67. The van der Waals surface area contributed by atoms with Crippen LogP contribution < -0.4 is 15.6 Å². The van der Waals surface area contributed by atoms with E-state index in [9.17, 15) is 4.79 Å². The second-order valence-corrected chi connectivity index (χ2v) is 6.18. The molecule has 0 spiro atoms. The van der Waals surface area contributed by atoms with Crippen LogP contribution in [0.15, 0.2) is 24.3 Å². The zero-order chi connectivity index (χ0) is 15.5. The summed E-state index contributed by atoms with van der Waals surface area (Å²) < 4.78 is 5.28. The third-order valence-corrected chi connectivity index (χ3v) is 4.70. The molecule has 0 radical (unpaired) electrons. The van der Waals surface area contributed by atoms with Gasteiger partial charge in [-0.15, -0.1) is 0 Å². The van der Waals surface area contributed by atoms with Crippen molar-refractivity contribution >= 4 is 5.91 Å². The number of amides is 1. The molecule has 2 heterocycles. The van der Waals surface area contributed by atoms with Gasteiger partial charge in [-0.2, -0.15) is 0 Å². The lowest BCUT2D eigenvalue weighted by Gasteiger charge is -2.42. The van der Waals surface area contributed by atoms with Crippen molar-refractivity contribution in [2.75, 3.05) is 13.7 Å². The molecule has 1 aromatic carbocycles. The molecule has 5 nitrogen and oxygen atoms in total. The Morgan fingerprint density at radius 1 is 1.41 bits per heavy atom. The number of hydrazine groups is 1. The zero-order valence-corrected chi connectivity index (χ0v) is 13.3. The van der Waals surface area contributed by atoms with Crippen LogP contribution in [-0.2, 0) is 4.79 Å². The fourth-order valence-electron chi connectivity index (χ4n) is 3.37. The SMILES string of the molecule is CCCC1CC(C(=O)N2CCC2c2cccc(OC)c2)NN1. The first-order valence-corrected chi connectivity index (χ1v) is 8.18. The molecular formula is C17H25N3O2. The van der Waals surface area contributed by atoms with Gasteiger partial charge in [0.25, 0.3) is 0 Å². The second-order valence-electron chi connectivity index (χ2n) is 6.18. The molecule has 0 aromatic heterocycles. The number of hydrogen-bond acceptors (Lipinski definition) is 4. The standard InChI is InChI=1S/C17H25N3O2/c1-3-5-13-11-15(19-18-13)17(21)20-9-8-16(20)12-6-4-7-14(10-12)22-2/h4,6-7,10,13,15-16,18-19H,3,5,8-9,11H2,1-2H3. The van der Waals surface area contributed by atoms with E-state index in [1.54, 1.807) is 7.11 Å².